The number of nitrogens with zero attached hydrogens (tertiary/aromatic N) is 4. The van der Waals surface area contributed by atoms with E-state index in [9.17, 15) is 18.7 Å². The van der Waals surface area contributed by atoms with Gasteiger partial charge in [-0.25, -0.2) is 18.7 Å². The lowest BCUT2D eigenvalue weighted by molar-refractivity contribution is 0.0913. The molecule has 204 valence electrons. The molecule has 0 unspecified atom stereocenters. The zero-order valence-electron chi connectivity index (χ0n) is 23.1. The lowest BCUT2D eigenvalue weighted by Crippen LogP contribution is -2.35. The molecule has 0 spiro atoms. The van der Waals surface area contributed by atoms with Crippen molar-refractivity contribution in [3.63, 3.8) is 0 Å². The zero-order chi connectivity index (χ0) is 28.3. The summed E-state index contributed by atoms with van der Waals surface area (Å²) in [5.41, 5.74) is 0.944. The minimum atomic E-state index is -0.807. The second-order valence-electron chi connectivity index (χ2n) is 11.3. The third kappa shape index (κ3) is 6.56. The number of amides is 1. The highest BCUT2D eigenvalue weighted by atomic mass is 19.1. The van der Waals surface area contributed by atoms with Crippen LogP contribution in [0, 0.1) is 17.0 Å². The molecule has 0 radical (unpaired) electrons. The Hall–Kier alpha value is -3.33. The molecule has 3 aromatic rings. The Morgan fingerprint density at radius 1 is 1.08 bits per heavy atom. The van der Waals surface area contributed by atoms with Crippen molar-refractivity contribution in [3.8, 4) is 11.3 Å². The van der Waals surface area contributed by atoms with E-state index < -0.39 is 29.1 Å². The van der Waals surface area contributed by atoms with E-state index in [-0.39, 0.29) is 35.0 Å². The number of nitrogens with one attached hydrogen (secondary N) is 1. The van der Waals surface area contributed by atoms with E-state index in [1.54, 1.807) is 19.1 Å². The Morgan fingerprint density at radius 3 is 2.32 bits per heavy atom. The Morgan fingerprint density at radius 2 is 1.74 bits per heavy atom. The number of aliphatic hydroxyl groups excluding tert-OH is 1. The fraction of sp³-hybridized carbons (Fsp3) is 0.483. The van der Waals surface area contributed by atoms with Crippen LogP contribution in [-0.2, 0) is 5.41 Å². The molecule has 38 heavy (non-hydrogen) atoms. The maximum atomic E-state index is 14.6. The Kier molecular flexibility index (Phi) is 8.92. The smallest absolute Gasteiger partial charge is 0.289 e. The van der Waals surface area contributed by atoms with Gasteiger partial charge in [-0.1, -0.05) is 40.7 Å². The first kappa shape index (κ1) is 29.2. The van der Waals surface area contributed by atoms with E-state index in [0.29, 0.717) is 17.8 Å². The van der Waals surface area contributed by atoms with Gasteiger partial charge in [0.2, 0.25) is 5.82 Å². The highest BCUT2D eigenvalue weighted by Gasteiger charge is 2.40. The molecule has 9 heteroatoms. The first-order chi connectivity index (χ1) is 17.8. The fourth-order valence-corrected chi connectivity index (χ4v) is 4.75. The van der Waals surface area contributed by atoms with Crippen LogP contribution in [0.25, 0.3) is 11.3 Å². The number of halogens is 2. The molecule has 0 aliphatic carbocycles. The molecule has 0 saturated carbocycles. The van der Waals surface area contributed by atoms with Crippen LogP contribution in [0.1, 0.15) is 94.8 Å². The number of hydrogen-bond acceptors (Lipinski definition) is 6. The standard InChI is InChI=1S/C29H37F2N5O2/c1-8-17(2)19-14-22(24-20(30)10-9-11-21(24)31)35-36-25(19)29(7,16-28(4,5)6)23-12-13-32-26(34-23)27(38)33-15-18(3)37/h9-14,17-18,37H,8,15-16H2,1-7H3,(H,33,38)/t17-,18-,29-/m0/s1. The van der Waals surface area contributed by atoms with Gasteiger partial charge in [-0.15, -0.1) is 5.10 Å². The van der Waals surface area contributed by atoms with Crippen LogP contribution in [0.5, 0.6) is 0 Å². The molecule has 0 saturated heterocycles. The summed E-state index contributed by atoms with van der Waals surface area (Å²) in [7, 11) is 0. The van der Waals surface area contributed by atoms with Gasteiger partial charge in [0.05, 0.1) is 34.2 Å². The van der Waals surface area contributed by atoms with Crippen molar-refractivity contribution < 1.29 is 18.7 Å². The normalized spacial score (nSPS) is 15.0. The van der Waals surface area contributed by atoms with Crippen molar-refractivity contribution in [1.82, 2.24) is 25.5 Å². The highest BCUT2D eigenvalue weighted by Crippen LogP contribution is 2.44. The number of carbonyl (C=O) groups is 1. The predicted octanol–water partition coefficient (Wildman–Crippen LogP) is 5.58. The Bertz CT molecular complexity index is 1270. The summed E-state index contributed by atoms with van der Waals surface area (Å²) in [5.74, 6) is -1.92. The third-order valence-corrected chi connectivity index (χ3v) is 6.57. The van der Waals surface area contributed by atoms with Crippen LogP contribution >= 0.6 is 0 Å². The second kappa shape index (κ2) is 11.6. The van der Waals surface area contributed by atoms with Crippen LogP contribution in [0.3, 0.4) is 0 Å². The molecule has 1 amide bonds. The number of carbonyl (C=O) groups excluding carboxylic acids is 1. The first-order valence-electron chi connectivity index (χ1n) is 12.9. The molecule has 0 aliphatic heterocycles. The van der Waals surface area contributed by atoms with Crippen LogP contribution in [0.2, 0.25) is 0 Å². The van der Waals surface area contributed by atoms with Gasteiger partial charge in [0, 0.05) is 12.7 Å². The van der Waals surface area contributed by atoms with E-state index in [2.05, 4.69) is 46.3 Å². The van der Waals surface area contributed by atoms with Crippen LogP contribution in [-0.4, -0.2) is 43.8 Å². The van der Waals surface area contributed by atoms with E-state index in [0.717, 1.165) is 12.0 Å². The Labute approximate surface area is 223 Å². The average Bonchev–Trinajstić information content (AvgIpc) is 2.85. The van der Waals surface area contributed by atoms with E-state index in [4.69, 9.17) is 0 Å². The van der Waals surface area contributed by atoms with Crippen molar-refractivity contribution in [2.75, 3.05) is 6.54 Å². The van der Waals surface area contributed by atoms with Crippen molar-refractivity contribution in [3.05, 3.63) is 70.9 Å². The molecule has 7 nitrogen and oxygen atoms in total. The predicted molar refractivity (Wildman–Crippen MR) is 143 cm³/mol. The minimum absolute atomic E-state index is 0.00373. The molecule has 3 atom stereocenters. The average molecular weight is 526 g/mol. The maximum absolute atomic E-state index is 14.6. The van der Waals surface area contributed by atoms with Gasteiger partial charge < -0.3 is 10.4 Å². The Balaban J connectivity index is 2.22. The topological polar surface area (TPSA) is 101 Å². The molecular weight excluding hydrogens is 488 g/mol. The van der Waals surface area contributed by atoms with Gasteiger partial charge in [0.1, 0.15) is 11.6 Å². The van der Waals surface area contributed by atoms with Crippen LogP contribution in [0.4, 0.5) is 8.78 Å². The molecular formula is C29H37F2N5O2. The van der Waals surface area contributed by atoms with E-state index >= 15 is 0 Å². The molecule has 0 fully saturated rings. The van der Waals surface area contributed by atoms with Crippen LogP contribution < -0.4 is 5.32 Å². The largest absolute Gasteiger partial charge is 0.392 e. The quantitative estimate of drug-likeness (QED) is 0.378. The lowest BCUT2D eigenvalue weighted by Gasteiger charge is -2.36. The molecule has 2 aromatic heterocycles. The number of benzene rings is 1. The van der Waals surface area contributed by atoms with Gasteiger partial charge in [-0.3, -0.25) is 4.79 Å². The molecule has 2 N–H and O–H groups in total. The van der Waals surface area contributed by atoms with Crippen molar-refractivity contribution in [2.45, 2.75) is 78.7 Å². The fourth-order valence-electron chi connectivity index (χ4n) is 4.75. The minimum Gasteiger partial charge on any atom is -0.392 e. The molecule has 1 aromatic carbocycles. The summed E-state index contributed by atoms with van der Waals surface area (Å²) >= 11 is 0. The van der Waals surface area contributed by atoms with Gasteiger partial charge in [0.15, 0.2) is 0 Å². The van der Waals surface area contributed by atoms with Crippen molar-refractivity contribution in [1.29, 1.82) is 0 Å². The summed E-state index contributed by atoms with van der Waals surface area (Å²) in [5, 5.41) is 21.1. The van der Waals surface area contributed by atoms with Gasteiger partial charge in [0.25, 0.3) is 5.91 Å². The second-order valence-corrected chi connectivity index (χ2v) is 11.3. The van der Waals surface area contributed by atoms with Crippen molar-refractivity contribution >= 4 is 5.91 Å². The van der Waals surface area contributed by atoms with Gasteiger partial charge in [-0.05, 0) is 67.9 Å². The SMILES string of the molecule is CC[C@H](C)c1cc(-c2c(F)cccc2F)nnc1[C@@](C)(CC(C)(C)C)c1ccnc(C(=O)NC[C@H](C)O)n1. The third-order valence-electron chi connectivity index (χ3n) is 6.57. The molecule has 0 bridgehead atoms. The number of aromatic nitrogens is 4. The number of rotatable bonds is 9. The molecule has 3 rings (SSSR count). The van der Waals surface area contributed by atoms with Crippen LogP contribution in [0.15, 0.2) is 36.5 Å². The lowest BCUT2D eigenvalue weighted by atomic mass is 9.69. The summed E-state index contributed by atoms with van der Waals surface area (Å²) in [6, 6.07) is 7.19. The summed E-state index contributed by atoms with van der Waals surface area (Å²) in [6.07, 6.45) is 2.18. The first-order valence-corrected chi connectivity index (χ1v) is 12.9. The van der Waals surface area contributed by atoms with Gasteiger partial charge in [-0.2, -0.15) is 5.10 Å². The maximum Gasteiger partial charge on any atom is 0.289 e. The van der Waals surface area contributed by atoms with Crippen molar-refractivity contribution in [2.24, 2.45) is 5.41 Å². The monoisotopic (exact) mass is 525 g/mol. The molecule has 2 heterocycles. The number of hydrogen-bond donors (Lipinski definition) is 2. The zero-order valence-corrected chi connectivity index (χ0v) is 23.1. The summed E-state index contributed by atoms with van der Waals surface area (Å²) in [6.45, 7) is 14.0. The summed E-state index contributed by atoms with van der Waals surface area (Å²) in [4.78, 5) is 21.5. The highest BCUT2D eigenvalue weighted by molar-refractivity contribution is 5.90. The number of aliphatic hydroxyl groups is 1. The molecule has 0 aliphatic rings. The van der Waals surface area contributed by atoms with Gasteiger partial charge >= 0.3 is 0 Å². The summed E-state index contributed by atoms with van der Waals surface area (Å²) < 4.78 is 29.3. The van der Waals surface area contributed by atoms with E-state index in [1.165, 1.54) is 24.4 Å². The van der Waals surface area contributed by atoms with E-state index in [1.807, 2.05) is 20.8 Å².